The second-order valence-corrected chi connectivity index (χ2v) is 12.3. The highest BCUT2D eigenvalue weighted by Crippen LogP contribution is 2.71. The number of phosphoric ester groups is 2. The summed E-state index contributed by atoms with van der Waals surface area (Å²) in [5.41, 5.74) is 15.1. The van der Waals surface area contributed by atoms with Gasteiger partial charge in [0.15, 0.2) is 11.5 Å². The number of aromatic nitrogens is 4. The fraction of sp³-hybridized carbons (Fsp3) is 0.643. The van der Waals surface area contributed by atoms with Crippen LogP contribution in [0.4, 0.5) is 5.82 Å². The molecule has 1 saturated heterocycles. The van der Waals surface area contributed by atoms with Crippen molar-refractivity contribution in [2.24, 2.45) is 5.11 Å². The molecule has 0 aliphatic carbocycles. The monoisotopic (exact) mass is 588 g/mol. The van der Waals surface area contributed by atoms with Gasteiger partial charge >= 0.3 is 23.5 Å². The first kappa shape index (κ1) is 29.5. The number of nitrogen functional groups attached to an aromatic ring is 1. The summed E-state index contributed by atoms with van der Waals surface area (Å²) in [5, 5.41) is 3.32. The van der Waals surface area contributed by atoms with E-state index in [1.165, 1.54) is 12.7 Å². The lowest BCUT2D eigenvalue weighted by atomic mass is 10.2. The molecule has 206 valence electrons. The minimum atomic E-state index is -4.98. The molecule has 1 fully saturated rings. The van der Waals surface area contributed by atoms with E-state index in [9.17, 15) is 18.6 Å². The van der Waals surface area contributed by atoms with Crippen molar-refractivity contribution in [2.45, 2.75) is 24.9 Å². The van der Waals surface area contributed by atoms with Gasteiger partial charge in [-0.1, -0.05) is 5.11 Å². The Balaban J connectivity index is 1.78. The number of phosphoric acid groups is 3. The third-order valence-electron chi connectivity index (χ3n) is 4.77. The van der Waals surface area contributed by atoms with Gasteiger partial charge in [-0.15, -0.1) is 0 Å². The number of hydrogen-bond donors (Lipinski definition) is 2. The van der Waals surface area contributed by atoms with E-state index >= 15 is 0 Å². The fourth-order valence-electron chi connectivity index (χ4n) is 3.07. The summed E-state index contributed by atoms with van der Waals surface area (Å²) in [4.78, 5) is 24.2. The maximum absolute atomic E-state index is 13.0. The van der Waals surface area contributed by atoms with Crippen molar-refractivity contribution in [1.82, 2.24) is 19.5 Å². The van der Waals surface area contributed by atoms with Crippen molar-refractivity contribution < 1.29 is 54.8 Å². The minimum Gasteiger partial charge on any atom is -0.382 e. The molecule has 3 N–H and O–H groups in total. The average Bonchev–Trinajstić information content (AvgIpc) is 3.47. The number of hydrogen-bond acceptors (Lipinski definition) is 16. The smallest absolute Gasteiger partial charge is 0.382 e. The minimum absolute atomic E-state index is 0.154. The van der Waals surface area contributed by atoms with Crippen molar-refractivity contribution >= 4 is 40.4 Å². The SMILES string of the molecule is COP(=O)(O)OP(=O)(OC)OP(=O)(OC)OC[C@H]1O[C@@H](n2cnc3c(N)ncnc32)C[C@@H]1OCN=[N+]=[N-]. The normalized spacial score (nSPS) is 24.7. The Morgan fingerprint density at radius 2 is 1.92 bits per heavy atom. The Morgan fingerprint density at radius 3 is 2.57 bits per heavy atom. The molecule has 0 bridgehead atoms. The molecule has 0 spiro atoms. The molecule has 37 heavy (non-hydrogen) atoms. The van der Waals surface area contributed by atoms with Crippen LogP contribution in [0.15, 0.2) is 17.8 Å². The maximum atomic E-state index is 13.0. The van der Waals surface area contributed by atoms with Gasteiger partial charge in [-0.25, -0.2) is 28.6 Å². The molecule has 23 heteroatoms. The predicted molar refractivity (Wildman–Crippen MR) is 121 cm³/mol. The number of nitrogens with zero attached hydrogens (tertiary/aromatic N) is 7. The van der Waals surface area contributed by atoms with Crippen LogP contribution in [0.1, 0.15) is 12.6 Å². The van der Waals surface area contributed by atoms with Crippen LogP contribution in [0.5, 0.6) is 0 Å². The summed E-state index contributed by atoms with van der Waals surface area (Å²) in [6.45, 7) is -0.904. The molecule has 0 saturated carbocycles. The zero-order valence-corrected chi connectivity index (χ0v) is 22.2. The van der Waals surface area contributed by atoms with Gasteiger partial charge in [-0.3, -0.25) is 22.7 Å². The van der Waals surface area contributed by atoms with Crippen LogP contribution in [0.2, 0.25) is 0 Å². The highest BCUT2D eigenvalue weighted by molar-refractivity contribution is 7.67. The summed E-state index contributed by atoms with van der Waals surface area (Å²) < 4.78 is 77.8. The van der Waals surface area contributed by atoms with Crippen LogP contribution in [0, 0.1) is 0 Å². The van der Waals surface area contributed by atoms with E-state index in [-0.39, 0.29) is 19.0 Å². The number of rotatable bonds is 14. The molecular formula is C14H23N8O12P3. The molecule has 1 aliphatic heterocycles. The van der Waals surface area contributed by atoms with Crippen LogP contribution < -0.4 is 5.73 Å². The van der Waals surface area contributed by atoms with Gasteiger partial charge in [-0.05, 0) is 5.53 Å². The Kier molecular flexibility index (Phi) is 9.77. The van der Waals surface area contributed by atoms with Crippen molar-refractivity contribution in [1.29, 1.82) is 0 Å². The topological polar surface area (TPSA) is 264 Å². The number of ether oxygens (including phenoxy) is 2. The maximum Gasteiger partial charge on any atom is 0.492 e. The molecule has 2 aromatic heterocycles. The van der Waals surface area contributed by atoms with E-state index in [1.807, 2.05) is 0 Å². The summed E-state index contributed by atoms with van der Waals surface area (Å²) in [7, 11) is -12.1. The lowest BCUT2D eigenvalue weighted by Crippen LogP contribution is -2.29. The van der Waals surface area contributed by atoms with E-state index in [2.05, 4.69) is 38.3 Å². The lowest BCUT2D eigenvalue weighted by Gasteiger charge is -2.24. The van der Waals surface area contributed by atoms with Crippen molar-refractivity contribution in [3.63, 3.8) is 0 Å². The van der Waals surface area contributed by atoms with Gasteiger partial charge in [0.25, 0.3) is 0 Å². The highest BCUT2D eigenvalue weighted by Gasteiger charge is 2.46. The number of imidazole rings is 1. The van der Waals surface area contributed by atoms with Gasteiger partial charge in [-0.2, -0.15) is 8.62 Å². The first-order valence-corrected chi connectivity index (χ1v) is 14.4. The number of azide groups is 1. The molecular weight excluding hydrogens is 565 g/mol. The van der Waals surface area contributed by atoms with Gasteiger partial charge in [0.2, 0.25) is 0 Å². The Hall–Kier alpha value is -2.01. The van der Waals surface area contributed by atoms with Gasteiger partial charge in [0.05, 0.1) is 19.0 Å². The standard InChI is InChI=1S/C14H23N8O12P3/c1-27-35(23,24)33-37(26,29-3)34-36(25,28-2)31-5-10-9(30-8-20-21-16)4-11(32-10)22-7-19-12-13(15)17-6-18-14(12)22/h6-7,9-11H,4-5,8H2,1-3H3,(H,23,24)(H2,15,17,18)/t9-,10+,11+,36?,37?/m0/s1. The molecule has 3 heterocycles. The Morgan fingerprint density at radius 1 is 1.19 bits per heavy atom. The van der Waals surface area contributed by atoms with E-state index in [1.54, 1.807) is 4.57 Å². The summed E-state index contributed by atoms with van der Waals surface area (Å²) in [5.74, 6) is 0.154. The first-order chi connectivity index (χ1) is 17.5. The molecule has 2 aromatic rings. The zero-order valence-electron chi connectivity index (χ0n) is 19.5. The third-order valence-corrected chi connectivity index (χ3v) is 9.81. The van der Waals surface area contributed by atoms with Gasteiger partial charge < -0.3 is 20.1 Å². The summed E-state index contributed by atoms with van der Waals surface area (Å²) in [6.07, 6.45) is 0.346. The second kappa shape index (κ2) is 12.2. The van der Waals surface area contributed by atoms with Crippen LogP contribution >= 0.6 is 23.5 Å². The van der Waals surface area contributed by atoms with Crippen molar-refractivity contribution in [3.8, 4) is 0 Å². The van der Waals surface area contributed by atoms with Crippen LogP contribution in [-0.2, 0) is 49.9 Å². The first-order valence-electron chi connectivity index (χ1n) is 9.97. The van der Waals surface area contributed by atoms with E-state index in [0.717, 1.165) is 21.3 Å². The fourth-order valence-corrected chi connectivity index (χ4v) is 7.14. The molecule has 3 rings (SSSR count). The highest BCUT2D eigenvalue weighted by atomic mass is 31.3. The predicted octanol–water partition coefficient (Wildman–Crippen LogP) is 2.65. The van der Waals surface area contributed by atoms with Gasteiger partial charge in [0, 0.05) is 32.7 Å². The third kappa shape index (κ3) is 7.31. The number of fused-ring (bicyclic) bond motifs is 1. The van der Waals surface area contributed by atoms with Crippen LogP contribution in [0.3, 0.4) is 0 Å². The number of anilines is 1. The lowest BCUT2D eigenvalue weighted by molar-refractivity contribution is -0.0589. The largest absolute Gasteiger partial charge is 0.492 e. The van der Waals surface area contributed by atoms with E-state index < -0.39 is 48.5 Å². The van der Waals surface area contributed by atoms with Crippen LogP contribution in [-0.4, -0.2) is 71.3 Å². The van der Waals surface area contributed by atoms with Crippen molar-refractivity contribution in [2.75, 3.05) is 40.4 Å². The zero-order chi connectivity index (χ0) is 27.3. The Labute approximate surface area is 208 Å². The van der Waals surface area contributed by atoms with Crippen LogP contribution in [0.25, 0.3) is 21.6 Å². The van der Waals surface area contributed by atoms with E-state index in [4.69, 9.17) is 34.1 Å². The molecule has 0 amide bonds. The molecule has 6 atom stereocenters. The average molecular weight is 588 g/mol. The second-order valence-electron chi connectivity index (χ2n) is 6.88. The summed E-state index contributed by atoms with van der Waals surface area (Å²) in [6, 6.07) is 0. The molecule has 1 aliphatic rings. The molecule has 20 nitrogen and oxygen atoms in total. The van der Waals surface area contributed by atoms with Gasteiger partial charge in [0.1, 0.15) is 30.9 Å². The molecule has 3 unspecified atom stereocenters. The Bertz CT molecular complexity index is 1290. The molecule has 0 radical (unpaired) electrons. The van der Waals surface area contributed by atoms with E-state index in [0.29, 0.717) is 11.2 Å². The van der Waals surface area contributed by atoms with Crippen molar-refractivity contribution in [3.05, 3.63) is 23.1 Å². The quantitative estimate of drug-likeness (QED) is 0.139. The summed E-state index contributed by atoms with van der Waals surface area (Å²) >= 11 is 0. The molecule has 0 aromatic carbocycles. The number of nitrogens with two attached hydrogens (primary N) is 1.